The van der Waals surface area contributed by atoms with Gasteiger partial charge >= 0.3 is 0 Å². The van der Waals surface area contributed by atoms with Crippen molar-refractivity contribution < 1.29 is 18.0 Å². The van der Waals surface area contributed by atoms with Crippen molar-refractivity contribution in [3.63, 3.8) is 0 Å². The van der Waals surface area contributed by atoms with Gasteiger partial charge in [-0.05, 0) is 61.4 Å². The van der Waals surface area contributed by atoms with Crippen molar-refractivity contribution in [3.8, 4) is 0 Å². The Balaban J connectivity index is 1.34. The van der Waals surface area contributed by atoms with Gasteiger partial charge in [0.05, 0.1) is 11.4 Å². The van der Waals surface area contributed by atoms with E-state index in [1.807, 2.05) is 23.8 Å². The van der Waals surface area contributed by atoms with Crippen LogP contribution in [0.1, 0.15) is 35.7 Å². The summed E-state index contributed by atoms with van der Waals surface area (Å²) in [5.74, 6) is -0.0486. The molecule has 2 aliphatic heterocycles. The molecular weight excluding hydrogens is 436 g/mol. The molecule has 0 spiro atoms. The van der Waals surface area contributed by atoms with Crippen LogP contribution in [0.15, 0.2) is 39.9 Å². The van der Waals surface area contributed by atoms with Crippen LogP contribution in [0.25, 0.3) is 0 Å². The maximum absolute atomic E-state index is 13.1. The molecule has 1 aromatic heterocycles. The van der Waals surface area contributed by atoms with E-state index < -0.39 is 10.0 Å². The molecule has 10 heteroatoms. The number of hydrogen-bond acceptors (Lipinski definition) is 6. The topological polar surface area (TPSA) is 113 Å². The normalized spacial score (nSPS) is 19.9. The Labute approximate surface area is 186 Å². The van der Waals surface area contributed by atoms with Crippen LogP contribution < -0.4 is 15.4 Å². The number of nitrogens with one attached hydrogen (secondary N) is 1. The Morgan fingerprint density at radius 1 is 1.23 bits per heavy atom. The first kappa shape index (κ1) is 21.9. The SMILES string of the molecule is CC1Cc2cc(S(N)(=O)=O)ccc2N1C(=O)CN1CCC(NC(=O)c2ccsc2)CC1. The van der Waals surface area contributed by atoms with Gasteiger partial charge in [0.2, 0.25) is 15.9 Å². The van der Waals surface area contributed by atoms with Crippen LogP contribution in [0.4, 0.5) is 5.69 Å². The fourth-order valence-corrected chi connectivity index (χ4v) is 5.53. The predicted molar refractivity (Wildman–Crippen MR) is 120 cm³/mol. The summed E-state index contributed by atoms with van der Waals surface area (Å²) in [5, 5.41) is 12.0. The average Bonchev–Trinajstić information content (AvgIpc) is 3.35. The molecule has 2 aromatic rings. The molecule has 31 heavy (non-hydrogen) atoms. The van der Waals surface area contributed by atoms with Crippen molar-refractivity contribution in [2.24, 2.45) is 5.14 Å². The smallest absolute Gasteiger partial charge is 0.252 e. The predicted octanol–water partition coefficient (Wildman–Crippen LogP) is 1.57. The van der Waals surface area contributed by atoms with E-state index in [0.717, 1.165) is 37.2 Å². The largest absolute Gasteiger partial charge is 0.349 e. The Hall–Kier alpha value is -2.27. The van der Waals surface area contributed by atoms with E-state index in [1.165, 1.54) is 17.4 Å². The maximum atomic E-state index is 13.1. The number of hydrogen-bond donors (Lipinski definition) is 2. The van der Waals surface area contributed by atoms with Crippen molar-refractivity contribution in [2.75, 3.05) is 24.5 Å². The van der Waals surface area contributed by atoms with E-state index >= 15 is 0 Å². The van der Waals surface area contributed by atoms with E-state index in [9.17, 15) is 18.0 Å². The van der Waals surface area contributed by atoms with Crippen molar-refractivity contribution in [2.45, 2.75) is 43.2 Å². The van der Waals surface area contributed by atoms with Gasteiger partial charge in [-0.1, -0.05) is 0 Å². The number of primary sulfonamides is 1. The number of sulfonamides is 1. The first-order valence-corrected chi connectivity index (χ1v) is 12.7. The van der Waals surface area contributed by atoms with Gasteiger partial charge in [0, 0.05) is 41.8 Å². The van der Waals surface area contributed by atoms with E-state index in [4.69, 9.17) is 5.14 Å². The third-order valence-corrected chi connectivity index (χ3v) is 7.52. The summed E-state index contributed by atoms with van der Waals surface area (Å²) in [4.78, 5) is 29.2. The van der Waals surface area contributed by atoms with Crippen LogP contribution in [0.2, 0.25) is 0 Å². The molecule has 3 heterocycles. The molecule has 1 atom stereocenters. The Morgan fingerprint density at radius 2 is 1.97 bits per heavy atom. The van der Waals surface area contributed by atoms with Gasteiger partial charge in [-0.2, -0.15) is 11.3 Å². The second kappa shape index (κ2) is 8.70. The second-order valence-electron chi connectivity index (χ2n) is 8.19. The molecular formula is C21H26N4O4S2. The van der Waals surface area contributed by atoms with Gasteiger partial charge in [0.25, 0.3) is 5.91 Å². The number of rotatable bonds is 5. The first-order valence-electron chi connectivity index (χ1n) is 10.3. The number of piperidine rings is 1. The van der Waals surface area contributed by atoms with Gasteiger partial charge in [-0.15, -0.1) is 0 Å². The number of carbonyl (C=O) groups excluding carboxylic acids is 2. The molecule has 8 nitrogen and oxygen atoms in total. The van der Waals surface area contributed by atoms with Crippen LogP contribution in [-0.2, 0) is 21.2 Å². The number of anilines is 1. The zero-order valence-corrected chi connectivity index (χ0v) is 18.9. The minimum absolute atomic E-state index is 0.00429. The van der Waals surface area contributed by atoms with E-state index in [-0.39, 0.29) is 28.8 Å². The van der Waals surface area contributed by atoms with Crippen LogP contribution in [0.3, 0.4) is 0 Å². The number of nitrogens with two attached hydrogens (primary N) is 1. The lowest BCUT2D eigenvalue weighted by Gasteiger charge is -2.33. The Kier molecular flexibility index (Phi) is 6.16. The van der Waals surface area contributed by atoms with Gasteiger partial charge < -0.3 is 10.2 Å². The lowest BCUT2D eigenvalue weighted by molar-refractivity contribution is -0.120. The van der Waals surface area contributed by atoms with E-state index in [0.29, 0.717) is 18.5 Å². The number of thiophene rings is 1. The maximum Gasteiger partial charge on any atom is 0.252 e. The lowest BCUT2D eigenvalue weighted by atomic mass is 10.0. The third-order valence-electron chi connectivity index (χ3n) is 5.93. The fraction of sp³-hybridized carbons (Fsp3) is 0.429. The van der Waals surface area contributed by atoms with Crippen molar-refractivity contribution in [1.82, 2.24) is 10.2 Å². The minimum Gasteiger partial charge on any atom is -0.349 e. The summed E-state index contributed by atoms with van der Waals surface area (Å²) in [6.07, 6.45) is 2.20. The highest BCUT2D eigenvalue weighted by atomic mass is 32.2. The van der Waals surface area contributed by atoms with Crippen molar-refractivity contribution >= 4 is 38.9 Å². The highest BCUT2D eigenvalue weighted by molar-refractivity contribution is 7.89. The van der Waals surface area contributed by atoms with Gasteiger partial charge in [-0.3, -0.25) is 14.5 Å². The Morgan fingerprint density at radius 3 is 2.61 bits per heavy atom. The molecule has 3 N–H and O–H groups in total. The third kappa shape index (κ3) is 4.82. The standard InChI is InChI=1S/C21H26N4O4S2/c1-14-10-16-11-18(31(22,28)29)2-3-19(16)25(14)20(26)12-24-7-4-17(5-8-24)23-21(27)15-6-9-30-13-15/h2-3,6,9,11,13-14,17H,4-5,7-8,10,12H2,1H3,(H,23,27)(H2,22,28,29). The molecule has 4 rings (SSSR count). The highest BCUT2D eigenvalue weighted by Gasteiger charge is 2.33. The average molecular weight is 463 g/mol. The van der Waals surface area contributed by atoms with Crippen molar-refractivity contribution in [1.29, 1.82) is 0 Å². The first-order chi connectivity index (χ1) is 14.7. The van der Waals surface area contributed by atoms with Crippen LogP contribution in [0.5, 0.6) is 0 Å². The molecule has 0 saturated carbocycles. The highest BCUT2D eigenvalue weighted by Crippen LogP contribution is 2.34. The molecule has 166 valence electrons. The molecule has 1 unspecified atom stereocenters. The van der Waals surface area contributed by atoms with Gasteiger partial charge in [0.1, 0.15) is 0 Å². The van der Waals surface area contributed by atoms with Gasteiger partial charge in [-0.25, -0.2) is 13.6 Å². The number of nitrogens with zero attached hydrogens (tertiary/aromatic N) is 2. The molecule has 0 aliphatic carbocycles. The number of amides is 2. The number of fused-ring (bicyclic) bond motifs is 1. The lowest BCUT2D eigenvalue weighted by Crippen LogP contribution is -2.49. The second-order valence-corrected chi connectivity index (χ2v) is 10.5. The summed E-state index contributed by atoms with van der Waals surface area (Å²) >= 11 is 1.50. The molecule has 2 amide bonds. The zero-order chi connectivity index (χ0) is 22.2. The molecule has 0 radical (unpaired) electrons. The molecule has 1 fully saturated rings. The quantitative estimate of drug-likeness (QED) is 0.700. The fourth-order valence-electron chi connectivity index (χ4n) is 4.33. The summed E-state index contributed by atoms with van der Waals surface area (Å²) < 4.78 is 23.2. The molecule has 0 bridgehead atoms. The summed E-state index contributed by atoms with van der Waals surface area (Å²) in [5.41, 5.74) is 2.26. The number of carbonyl (C=O) groups is 2. The zero-order valence-electron chi connectivity index (χ0n) is 17.3. The van der Waals surface area contributed by atoms with Crippen LogP contribution >= 0.6 is 11.3 Å². The monoisotopic (exact) mass is 462 g/mol. The van der Waals surface area contributed by atoms with E-state index in [1.54, 1.807) is 17.0 Å². The molecule has 1 saturated heterocycles. The molecule has 1 aromatic carbocycles. The van der Waals surface area contributed by atoms with Crippen LogP contribution in [0, 0.1) is 0 Å². The van der Waals surface area contributed by atoms with Crippen molar-refractivity contribution in [3.05, 3.63) is 46.2 Å². The summed E-state index contributed by atoms with van der Waals surface area (Å²) in [6.45, 7) is 3.73. The van der Waals surface area contributed by atoms with Gasteiger partial charge in [0.15, 0.2) is 0 Å². The molecule has 2 aliphatic rings. The van der Waals surface area contributed by atoms with Crippen LogP contribution in [-0.4, -0.2) is 56.9 Å². The number of likely N-dealkylation sites (tertiary alicyclic amines) is 1. The minimum atomic E-state index is -3.77. The number of benzene rings is 1. The summed E-state index contributed by atoms with van der Waals surface area (Å²) in [6, 6.07) is 6.57. The summed E-state index contributed by atoms with van der Waals surface area (Å²) in [7, 11) is -3.77. The Bertz CT molecular complexity index is 1080. The van der Waals surface area contributed by atoms with E-state index in [2.05, 4.69) is 10.2 Å².